The lowest BCUT2D eigenvalue weighted by Crippen LogP contribution is -2.15. The Morgan fingerprint density at radius 2 is 2.18 bits per heavy atom. The predicted molar refractivity (Wildman–Crippen MR) is 79.6 cm³/mol. The van der Waals surface area contributed by atoms with Crippen LogP contribution in [0.3, 0.4) is 0 Å². The molecule has 0 amide bonds. The number of aromatic nitrogens is 2. The molecule has 0 N–H and O–H groups in total. The van der Waals surface area contributed by atoms with E-state index in [1.165, 1.54) is 11.6 Å². The highest BCUT2D eigenvalue weighted by Gasteiger charge is 2.23. The highest BCUT2D eigenvalue weighted by atomic mass is 35.5. The van der Waals surface area contributed by atoms with Gasteiger partial charge in [0.2, 0.25) is 0 Å². The van der Waals surface area contributed by atoms with Crippen LogP contribution >= 0.6 is 11.6 Å². The lowest BCUT2D eigenvalue weighted by atomic mass is 10.2. The summed E-state index contributed by atoms with van der Waals surface area (Å²) in [6, 6.07) is 6.97. The van der Waals surface area contributed by atoms with Crippen LogP contribution in [0.1, 0.15) is 17.0 Å². The third-order valence-electron chi connectivity index (χ3n) is 3.09. The van der Waals surface area contributed by atoms with Gasteiger partial charge in [-0.25, -0.2) is 0 Å². The molecule has 1 aromatic heterocycles. The van der Waals surface area contributed by atoms with Gasteiger partial charge in [-0.1, -0.05) is 23.7 Å². The Morgan fingerprint density at radius 3 is 2.77 bits per heavy atom. The van der Waals surface area contributed by atoms with Crippen molar-refractivity contribution in [1.82, 2.24) is 9.78 Å². The van der Waals surface area contributed by atoms with E-state index in [0.717, 1.165) is 5.56 Å². The minimum absolute atomic E-state index is 0.0809. The molecule has 2 rings (SSSR count). The molecule has 0 bridgehead atoms. The molecule has 0 aliphatic rings. The first kappa shape index (κ1) is 16.0. The predicted octanol–water partition coefficient (Wildman–Crippen LogP) is 2.80. The number of hydrogen-bond donors (Lipinski definition) is 0. The van der Waals surface area contributed by atoms with E-state index in [1.807, 2.05) is 0 Å². The molecule has 0 aliphatic carbocycles. The maximum atomic E-state index is 11.8. The van der Waals surface area contributed by atoms with E-state index in [4.69, 9.17) is 16.3 Å². The number of halogens is 1. The van der Waals surface area contributed by atoms with Crippen LogP contribution in [0.15, 0.2) is 24.3 Å². The van der Waals surface area contributed by atoms with Gasteiger partial charge in [0.15, 0.2) is 0 Å². The molecule has 0 spiro atoms. The molecule has 0 saturated heterocycles. The third kappa shape index (κ3) is 3.62. The van der Waals surface area contributed by atoms with Crippen LogP contribution in [0.2, 0.25) is 5.02 Å². The largest absolute Gasteiger partial charge is 0.459 e. The van der Waals surface area contributed by atoms with Crippen molar-refractivity contribution < 1.29 is 14.5 Å². The maximum absolute atomic E-state index is 11.8. The van der Waals surface area contributed by atoms with Gasteiger partial charge in [-0.05, 0) is 31.5 Å². The molecule has 0 radical (unpaired) electrons. The standard InChI is InChI=1S/C14H14ClN3O4/c1-9-14(18(20)21)10(2)17(16-9)7-13(19)22-8-11-4-3-5-12(15)6-11/h3-6H,7-8H2,1-2H3. The highest BCUT2D eigenvalue weighted by Crippen LogP contribution is 2.21. The van der Waals surface area contributed by atoms with E-state index >= 15 is 0 Å². The van der Waals surface area contributed by atoms with Crippen molar-refractivity contribution in [2.24, 2.45) is 0 Å². The number of esters is 1. The second-order valence-electron chi connectivity index (χ2n) is 4.72. The Balaban J connectivity index is 2.01. The third-order valence-corrected chi connectivity index (χ3v) is 3.33. The Hall–Kier alpha value is -2.41. The summed E-state index contributed by atoms with van der Waals surface area (Å²) in [6.07, 6.45) is 0. The molecule has 0 unspecified atom stereocenters. The van der Waals surface area contributed by atoms with Gasteiger partial charge in [0.1, 0.15) is 24.5 Å². The maximum Gasteiger partial charge on any atom is 0.328 e. The fraction of sp³-hybridized carbons (Fsp3) is 0.286. The van der Waals surface area contributed by atoms with Crippen LogP contribution < -0.4 is 0 Å². The lowest BCUT2D eigenvalue weighted by molar-refractivity contribution is -0.386. The number of carbonyl (C=O) groups is 1. The average molecular weight is 324 g/mol. The molecular weight excluding hydrogens is 310 g/mol. The van der Waals surface area contributed by atoms with E-state index in [2.05, 4.69) is 5.10 Å². The fourth-order valence-electron chi connectivity index (χ4n) is 2.06. The highest BCUT2D eigenvalue weighted by molar-refractivity contribution is 6.30. The smallest absolute Gasteiger partial charge is 0.328 e. The van der Waals surface area contributed by atoms with Crippen molar-refractivity contribution >= 4 is 23.3 Å². The second-order valence-corrected chi connectivity index (χ2v) is 5.16. The Bertz CT molecular complexity index is 727. The van der Waals surface area contributed by atoms with Crippen LogP contribution in [0.5, 0.6) is 0 Å². The van der Waals surface area contributed by atoms with E-state index in [-0.39, 0.29) is 24.5 Å². The Kier molecular flexibility index (Phi) is 4.77. The van der Waals surface area contributed by atoms with Crippen LogP contribution in [0.25, 0.3) is 0 Å². The summed E-state index contributed by atoms with van der Waals surface area (Å²) in [4.78, 5) is 22.2. The minimum atomic E-state index is -0.527. The molecule has 8 heteroatoms. The van der Waals surface area contributed by atoms with Crippen molar-refractivity contribution in [3.05, 3.63) is 56.4 Å². The number of rotatable bonds is 5. The molecule has 7 nitrogen and oxygen atoms in total. The zero-order chi connectivity index (χ0) is 16.3. The molecule has 116 valence electrons. The monoisotopic (exact) mass is 323 g/mol. The average Bonchev–Trinajstić information content (AvgIpc) is 2.71. The van der Waals surface area contributed by atoms with Gasteiger partial charge in [-0.2, -0.15) is 5.10 Å². The first-order valence-corrected chi connectivity index (χ1v) is 6.84. The van der Waals surface area contributed by atoms with Gasteiger partial charge in [-0.15, -0.1) is 0 Å². The van der Waals surface area contributed by atoms with Crippen LogP contribution in [-0.4, -0.2) is 20.7 Å². The van der Waals surface area contributed by atoms with Crippen molar-refractivity contribution in [3.8, 4) is 0 Å². The van der Waals surface area contributed by atoms with E-state index in [9.17, 15) is 14.9 Å². The molecule has 0 fully saturated rings. The molecule has 0 saturated carbocycles. The second kappa shape index (κ2) is 6.57. The first-order chi connectivity index (χ1) is 10.4. The van der Waals surface area contributed by atoms with Crippen molar-refractivity contribution in [3.63, 3.8) is 0 Å². The van der Waals surface area contributed by atoms with Gasteiger partial charge in [0.25, 0.3) is 0 Å². The number of aryl methyl sites for hydroxylation is 1. The van der Waals surface area contributed by atoms with Crippen molar-refractivity contribution in [2.75, 3.05) is 0 Å². The summed E-state index contributed by atoms with van der Waals surface area (Å²) in [5.41, 5.74) is 1.27. The summed E-state index contributed by atoms with van der Waals surface area (Å²) in [5, 5.41) is 15.5. The Labute approximate surface area is 131 Å². The molecule has 1 aromatic carbocycles. The van der Waals surface area contributed by atoms with Gasteiger partial charge in [0.05, 0.1) is 4.92 Å². The molecular formula is C14H14ClN3O4. The van der Waals surface area contributed by atoms with E-state index in [0.29, 0.717) is 10.7 Å². The van der Waals surface area contributed by atoms with Gasteiger partial charge < -0.3 is 4.74 Å². The zero-order valence-corrected chi connectivity index (χ0v) is 12.8. The molecule has 0 aliphatic heterocycles. The van der Waals surface area contributed by atoms with Crippen LogP contribution in [0.4, 0.5) is 5.69 Å². The quantitative estimate of drug-likeness (QED) is 0.479. The lowest BCUT2D eigenvalue weighted by Gasteiger charge is -2.06. The first-order valence-electron chi connectivity index (χ1n) is 6.47. The normalized spacial score (nSPS) is 10.5. The molecule has 2 aromatic rings. The number of benzene rings is 1. The molecule has 22 heavy (non-hydrogen) atoms. The summed E-state index contributed by atoms with van der Waals surface area (Å²) in [5.74, 6) is -0.527. The molecule has 0 atom stereocenters. The summed E-state index contributed by atoms with van der Waals surface area (Å²) >= 11 is 5.84. The summed E-state index contributed by atoms with van der Waals surface area (Å²) in [7, 11) is 0. The number of hydrogen-bond acceptors (Lipinski definition) is 5. The number of carbonyl (C=O) groups excluding carboxylic acids is 1. The van der Waals surface area contributed by atoms with Crippen molar-refractivity contribution in [2.45, 2.75) is 27.0 Å². The van der Waals surface area contributed by atoms with Crippen LogP contribution in [-0.2, 0) is 22.7 Å². The number of nitro groups is 1. The number of nitrogens with zero attached hydrogens (tertiary/aromatic N) is 3. The fourth-order valence-corrected chi connectivity index (χ4v) is 2.28. The topological polar surface area (TPSA) is 87.3 Å². The molecule has 1 heterocycles. The number of ether oxygens (including phenoxy) is 1. The van der Waals surface area contributed by atoms with Gasteiger partial charge in [-0.3, -0.25) is 19.6 Å². The Morgan fingerprint density at radius 1 is 1.45 bits per heavy atom. The summed E-state index contributed by atoms with van der Waals surface area (Å²) in [6.45, 7) is 2.98. The SMILES string of the molecule is Cc1nn(CC(=O)OCc2cccc(Cl)c2)c(C)c1[N+](=O)[O-]. The van der Waals surface area contributed by atoms with Crippen LogP contribution in [0, 0.1) is 24.0 Å². The summed E-state index contributed by atoms with van der Waals surface area (Å²) < 4.78 is 6.39. The van der Waals surface area contributed by atoms with Gasteiger partial charge in [0, 0.05) is 5.02 Å². The minimum Gasteiger partial charge on any atom is -0.459 e. The van der Waals surface area contributed by atoms with Crippen molar-refractivity contribution in [1.29, 1.82) is 0 Å². The zero-order valence-electron chi connectivity index (χ0n) is 12.1. The van der Waals surface area contributed by atoms with E-state index < -0.39 is 10.9 Å². The van der Waals surface area contributed by atoms with Gasteiger partial charge >= 0.3 is 11.7 Å². The van der Waals surface area contributed by atoms with E-state index in [1.54, 1.807) is 31.2 Å².